The van der Waals surface area contributed by atoms with Crippen molar-refractivity contribution in [2.45, 2.75) is 0 Å². The molecule has 2 aromatic rings. The van der Waals surface area contributed by atoms with E-state index >= 15 is 0 Å². The van der Waals surface area contributed by atoms with Crippen LogP contribution in [-0.2, 0) is 0 Å². The molecule has 1 amide bonds. The van der Waals surface area contributed by atoms with Gasteiger partial charge in [-0.1, -0.05) is 11.6 Å². The van der Waals surface area contributed by atoms with Crippen LogP contribution in [0.25, 0.3) is 0 Å². The average Bonchev–Trinajstić information content (AvgIpc) is 2.49. The molecule has 21 heavy (non-hydrogen) atoms. The van der Waals surface area contributed by atoms with Crippen LogP contribution < -0.4 is 15.8 Å². The van der Waals surface area contributed by atoms with E-state index in [-0.39, 0.29) is 5.91 Å². The molecule has 0 radical (unpaired) electrons. The molecule has 0 aliphatic heterocycles. The highest BCUT2D eigenvalue weighted by Gasteiger charge is 2.11. The van der Waals surface area contributed by atoms with Gasteiger partial charge < -0.3 is 15.8 Å². The van der Waals surface area contributed by atoms with Gasteiger partial charge in [0.05, 0.1) is 5.56 Å². The zero-order chi connectivity index (χ0) is 15.2. The second-order valence-electron chi connectivity index (χ2n) is 4.24. The molecule has 0 heterocycles. The highest BCUT2D eigenvalue weighted by molar-refractivity contribution is 9.10. The smallest absolute Gasteiger partial charge is 0.256 e. The van der Waals surface area contributed by atoms with Gasteiger partial charge in [0.25, 0.3) is 5.91 Å². The Labute approximate surface area is 136 Å². The molecule has 4 nitrogen and oxygen atoms in total. The Morgan fingerprint density at radius 3 is 2.62 bits per heavy atom. The molecule has 0 spiro atoms. The number of benzene rings is 2. The van der Waals surface area contributed by atoms with Crippen LogP contribution in [0.2, 0.25) is 5.02 Å². The first-order valence-corrected chi connectivity index (χ1v) is 7.46. The molecule has 0 saturated heterocycles. The SMILES string of the molecule is NCCOc1ccc(NC(=O)c2cc(Cl)ccc2Br)cc1. The Balaban J connectivity index is 2.07. The summed E-state index contributed by atoms with van der Waals surface area (Å²) in [5.41, 5.74) is 6.52. The maximum Gasteiger partial charge on any atom is 0.256 e. The monoisotopic (exact) mass is 368 g/mol. The zero-order valence-corrected chi connectivity index (χ0v) is 13.4. The highest BCUT2D eigenvalue weighted by Crippen LogP contribution is 2.23. The van der Waals surface area contributed by atoms with Crippen LogP contribution in [0.5, 0.6) is 5.75 Å². The Morgan fingerprint density at radius 2 is 1.95 bits per heavy atom. The average molecular weight is 370 g/mol. The number of carbonyl (C=O) groups excluding carboxylic acids is 1. The topological polar surface area (TPSA) is 64.3 Å². The van der Waals surface area contributed by atoms with Gasteiger partial charge in [0.1, 0.15) is 12.4 Å². The summed E-state index contributed by atoms with van der Waals surface area (Å²) in [7, 11) is 0. The van der Waals surface area contributed by atoms with E-state index in [1.54, 1.807) is 42.5 Å². The molecule has 110 valence electrons. The number of nitrogens with two attached hydrogens (primary N) is 1. The van der Waals surface area contributed by atoms with Crippen molar-refractivity contribution in [1.82, 2.24) is 0 Å². The van der Waals surface area contributed by atoms with Gasteiger partial charge >= 0.3 is 0 Å². The second-order valence-corrected chi connectivity index (χ2v) is 5.53. The van der Waals surface area contributed by atoms with Crippen LogP contribution in [-0.4, -0.2) is 19.1 Å². The summed E-state index contributed by atoms with van der Waals surface area (Å²) in [6.07, 6.45) is 0. The fourth-order valence-corrected chi connectivity index (χ4v) is 2.28. The van der Waals surface area contributed by atoms with Gasteiger partial charge in [0, 0.05) is 21.7 Å². The second kappa shape index (κ2) is 7.45. The van der Waals surface area contributed by atoms with Crippen LogP contribution >= 0.6 is 27.5 Å². The molecule has 6 heteroatoms. The summed E-state index contributed by atoms with van der Waals surface area (Å²) in [4.78, 5) is 12.2. The van der Waals surface area contributed by atoms with Gasteiger partial charge in [-0.2, -0.15) is 0 Å². The van der Waals surface area contributed by atoms with Gasteiger partial charge in [-0.25, -0.2) is 0 Å². The van der Waals surface area contributed by atoms with Crippen molar-refractivity contribution in [3.05, 3.63) is 57.5 Å². The molecular formula is C15H14BrClN2O2. The summed E-state index contributed by atoms with van der Waals surface area (Å²) in [5.74, 6) is 0.474. The predicted octanol–water partition coefficient (Wildman–Crippen LogP) is 3.69. The molecule has 0 atom stereocenters. The number of ether oxygens (including phenoxy) is 1. The van der Waals surface area contributed by atoms with Crippen molar-refractivity contribution in [2.24, 2.45) is 5.73 Å². The lowest BCUT2D eigenvalue weighted by Gasteiger charge is -2.09. The maximum atomic E-state index is 12.2. The standard InChI is InChI=1S/C15H14BrClN2O2/c16-14-6-1-10(17)9-13(14)15(20)19-11-2-4-12(5-3-11)21-8-7-18/h1-6,9H,7-8,18H2,(H,19,20). The molecular weight excluding hydrogens is 356 g/mol. The van der Waals surface area contributed by atoms with Gasteiger partial charge in [-0.05, 0) is 58.4 Å². The third-order valence-corrected chi connectivity index (χ3v) is 3.60. The number of anilines is 1. The quantitative estimate of drug-likeness (QED) is 0.845. The van der Waals surface area contributed by atoms with Crippen LogP contribution in [0, 0.1) is 0 Å². The molecule has 2 rings (SSSR count). The highest BCUT2D eigenvalue weighted by atomic mass is 79.9. The maximum absolute atomic E-state index is 12.2. The lowest BCUT2D eigenvalue weighted by Crippen LogP contribution is -2.13. The van der Waals surface area contributed by atoms with E-state index in [9.17, 15) is 4.79 Å². The summed E-state index contributed by atoms with van der Waals surface area (Å²) in [5, 5.41) is 3.31. The van der Waals surface area contributed by atoms with Crippen LogP contribution in [0.3, 0.4) is 0 Å². The number of halogens is 2. The lowest BCUT2D eigenvalue weighted by molar-refractivity contribution is 0.102. The normalized spacial score (nSPS) is 10.2. The molecule has 2 aromatic carbocycles. The summed E-state index contributed by atoms with van der Waals surface area (Å²) in [6, 6.07) is 12.1. The summed E-state index contributed by atoms with van der Waals surface area (Å²) >= 11 is 9.24. The molecule has 0 aliphatic carbocycles. The van der Waals surface area contributed by atoms with Crippen molar-refractivity contribution in [1.29, 1.82) is 0 Å². The number of carbonyl (C=O) groups is 1. The van der Waals surface area contributed by atoms with E-state index in [2.05, 4.69) is 21.2 Å². The zero-order valence-electron chi connectivity index (χ0n) is 11.1. The Kier molecular flexibility index (Phi) is 5.61. The fourth-order valence-electron chi connectivity index (χ4n) is 1.68. The first-order chi connectivity index (χ1) is 10.1. The van der Waals surface area contributed by atoms with Gasteiger partial charge in [-0.15, -0.1) is 0 Å². The molecule has 0 aliphatic rings. The van der Waals surface area contributed by atoms with Crippen LogP contribution in [0.4, 0.5) is 5.69 Å². The molecule has 3 N–H and O–H groups in total. The number of hydrogen-bond acceptors (Lipinski definition) is 3. The van der Waals surface area contributed by atoms with Crippen molar-refractivity contribution in [3.63, 3.8) is 0 Å². The van der Waals surface area contributed by atoms with E-state index in [0.29, 0.717) is 39.6 Å². The molecule has 0 aromatic heterocycles. The van der Waals surface area contributed by atoms with Gasteiger partial charge in [0.15, 0.2) is 0 Å². The Bertz CT molecular complexity index is 632. The third-order valence-electron chi connectivity index (χ3n) is 2.67. The summed E-state index contributed by atoms with van der Waals surface area (Å²) < 4.78 is 6.06. The Hall–Kier alpha value is -1.56. The van der Waals surface area contributed by atoms with Gasteiger partial charge in [0.2, 0.25) is 0 Å². The molecule has 0 bridgehead atoms. The third kappa shape index (κ3) is 4.46. The van der Waals surface area contributed by atoms with E-state index in [0.717, 1.165) is 0 Å². The minimum atomic E-state index is -0.236. The largest absolute Gasteiger partial charge is 0.492 e. The van der Waals surface area contributed by atoms with Gasteiger partial charge in [-0.3, -0.25) is 4.79 Å². The number of hydrogen-bond donors (Lipinski definition) is 2. The van der Waals surface area contributed by atoms with E-state index in [1.807, 2.05) is 0 Å². The first-order valence-electron chi connectivity index (χ1n) is 6.29. The first kappa shape index (κ1) is 15.8. The number of nitrogens with one attached hydrogen (secondary N) is 1. The lowest BCUT2D eigenvalue weighted by atomic mass is 10.2. The fraction of sp³-hybridized carbons (Fsp3) is 0.133. The summed E-state index contributed by atoms with van der Waals surface area (Å²) in [6.45, 7) is 0.919. The molecule has 0 fully saturated rings. The van der Waals surface area contributed by atoms with Crippen molar-refractivity contribution in [2.75, 3.05) is 18.5 Å². The van der Waals surface area contributed by atoms with Crippen molar-refractivity contribution >= 4 is 39.1 Å². The van der Waals surface area contributed by atoms with Crippen LogP contribution in [0.1, 0.15) is 10.4 Å². The van der Waals surface area contributed by atoms with E-state index < -0.39 is 0 Å². The van der Waals surface area contributed by atoms with E-state index in [1.165, 1.54) is 0 Å². The molecule has 0 saturated carbocycles. The van der Waals surface area contributed by atoms with Crippen LogP contribution in [0.15, 0.2) is 46.9 Å². The predicted molar refractivity (Wildman–Crippen MR) is 88.1 cm³/mol. The molecule has 0 unspecified atom stereocenters. The number of rotatable bonds is 5. The van der Waals surface area contributed by atoms with Crippen molar-refractivity contribution in [3.8, 4) is 5.75 Å². The number of amides is 1. The minimum absolute atomic E-state index is 0.236. The van der Waals surface area contributed by atoms with Crippen molar-refractivity contribution < 1.29 is 9.53 Å². The minimum Gasteiger partial charge on any atom is -0.492 e. The Morgan fingerprint density at radius 1 is 1.24 bits per heavy atom. The van der Waals surface area contributed by atoms with E-state index in [4.69, 9.17) is 22.1 Å².